The first-order valence-corrected chi connectivity index (χ1v) is 11.6. The fourth-order valence-electron chi connectivity index (χ4n) is 2.52. The summed E-state index contributed by atoms with van der Waals surface area (Å²) in [7, 11) is -1.65. The molecule has 0 aliphatic carbocycles. The number of anilines is 1. The van der Waals surface area contributed by atoms with Crippen molar-refractivity contribution in [3.8, 4) is 0 Å². The van der Waals surface area contributed by atoms with E-state index in [-0.39, 0.29) is 11.2 Å². The van der Waals surface area contributed by atoms with Gasteiger partial charge in [-0.25, -0.2) is 0 Å². The number of benzene rings is 1. The third kappa shape index (κ3) is 5.74. The van der Waals surface area contributed by atoms with Crippen LogP contribution in [0.15, 0.2) is 24.3 Å². The lowest BCUT2D eigenvalue weighted by Crippen LogP contribution is -2.47. The van der Waals surface area contributed by atoms with Crippen molar-refractivity contribution < 1.29 is 14.0 Å². The molecular formula is C18H28ClNO3Si. The molecule has 1 fully saturated rings. The molecule has 24 heavy (non-hydrogen) atoms. The van der Waals surface area contributed by atoms with Crippen LogP contribution in [0.2, 0.25) is 23.2 Å². The number of piperidine rings is 1. The molecule has 0 atom stereocenters. The lowest BCUT2D eigenvalue weighted by Gasteiger charge is -2.42. The number of hydrogen-bond donors (Lipinski definition) is 0. The van der Waals surface area contributed by atoms with E-state index in [9.17, 15) is 0 Å². The Hall–Kier alpha value is -1.13. The van der Waals surface area contributed by atoms with Gasteiger partial charge in [0.05, 0.1) is 10.7 Å². The van der Waals surface area contributed by atoms with Crippen LogP contribution in [-0.2, 0) is 14.0 Å². The summed E-state index contributed by atoms with van der Waals surface area (Å²) < 4.78 is 6.54. The smallest absolute Gasteiger partial charge is 0.373 e. The fraction of sp³-hybridized carbons (Fsp3) is 0.611. The summed E-state index contributed by atoms with van der Waals surface area (Å²) in [6.45, 7) is 13.7. The first-order chi connectivity index (χ1) is 11.1. The Kier molecular flexibility index (Phi) is 7.68. The van der Waals surface area contributed by atoms with E-state index in [4.69, 9.17) is 25.6 Å². The lowest BCUT2D eigenvalue weighted by atomic mass is 10.1. The van der Waals surface area contributed by atoms with Crippen molar-refractivity contribution in [1.82, 2.24) is 0 Å². The Morgan fingerprint density at radius 1 is 1.17 bits per heavy atom. The first kappa shape index (κ1) is 20.9. The Morgan fingerprint density at radius 3 is 2.12 bits per heavy atom. The maximum atomic E-state index is 8.12. The van der Waals surface area contributed by atoms with Gasteiger partial charge >= 0.3 is 6.15 Å². The predicted molar refractivity (Wildman–Crippen MR) is 100.0 cm³/mol. The van der Waals surface area contributed by atoms with Crippen LogP contribution >= 0.6 is 11.6 Å². The van der Waals surface area contributed by atoms with Crippen LogP contribution in [0.25, 0.3) is 0 Å². The zero-order valence-electron chi connectivity index (χ0n) is 15.3. The molecule has 0 spiro atoms. The van der Waals surface area contributed by atoms with Gasteiger partial charge in [0.1, 0.15) is 0 Å². The Labute approximate surface area is 151 Å². The summed E-state index contributed by atoms with van der Waals surface area (Å²) in [5, 5.41) is 1.13. The SMILES string of the molecule is CC(C)(C)[Si](C)(C)OC1CCN(c2ccccc2Cl)CC1.O=C=O. The summed E-state index contributed by atoms with van der Waals surface area (Å²) in [6.07, 6.45) is 2.85. The molecule has 1 aliphatic rings. The minimum absolute atomic E-state index is 0.250. The molecule has 0 N–H and O–H groups in total. The molecule has 1 aromatic rings. The van der Waals surface area contributed by atoms with Gasteiger partial charge in [0.15, 0.2) is 8.32 Å². The van der Waals surface area contributed by atoms with Gasteiger partial charge in [-0.05, 0) is 43.1 Å². The molecule has 0 radical (unpaired) electrons. The Bertz CT molecular complexity index is 558. The lowest BCUT2D eigenvalue weighted by molar-refractivity contribution is -0.191. The van der Waals surface area contributed by atoms with Gasteiger partial charge in [-0.2, -0.15) is 9.59 Å². The summed E-state index contributed by atoms with van der Waals surface area (Å²) in [5.74, 6) is 0. The third-order valence-electron chi connectivity index (χ3n) is 4.90. The minimum atomic E-state index is -1.65. The van der Waals surface area contributed by atoms with Crippen LogP contribution in [0.4, 0.5) is 5.69 Å². The third-order valence-corrected chi connectivity index (χ3v) is 9.76. The average molecular weight is 370 g/mol. The Balaban J connectivity index is 0.000000891. The molecule has 0 saturated carbocycles. The number of carbonyl (C=O) groups excluding carboxylic acids is 2. The second-order valence-electron chi connectivity index (χ2n) is 7.60. The molecule has 0 aromatic heterocycles. The molecule has 0 bridgehead atoms. The Morgan fingerprint density at radius 2 is 1.67 bits per heavy atom. The summed E-state index contributed by atoms with van der Waals surface area (Å²) in [5.41, 5.74) is 1.16. The van der Waals surface area contributed by atoms with E-state index in [1.54, 1.807) is 0 Å². The monoisotopic (exact) mass is 369 g/mol. The minimum Gasteiger partial charge on any atom is -0.414 e. The van der Waals surface area contributed by atoms with E-state index in [1.807, 2.05) is 12.1 Å². The van der Waals surface area contributed by atoms with Gasteiger partial charge in [-0.3, -0.25) is 0 Å². The van der Waals surface area contributed by atoms with Gasteiger partial charge in [-0.1, -0.05) is 44.5 Å². The highest BCUT2D eigenvalue weighted by atomic mass is 35.5. The highest BCUT2D eigenvalue weighted by molar-refractivity contribution is 6.74. The number of nitrogens with zero attached hydrogens (tertiary/aromatic N) is 1. The van der Waals surface area contributed by atoms with E-state index >= 15 is 0 Å². The van der Waals surface area contributed by atoms with Crippen molar-refractivity contribution in [2.24, 2.45) is 0 Å². The van der Waals surface area contributed by atoms with Crippen LogP contribution in [0.3, 0.4) is 0 Å². The molecular weight excluding hydrogens is 342 g/mol. The van der Waals surface area contributed by atoms with Crippen LogP contribution < -0.4 is 4.90 Å². The first-order valence-electron chi connectivity index (χ1n) is 8.29. The summed E-state index contributed by atoms with van der Waals surface area (Å²) in [4.78, 5) is 18.6. The number of hydrogen-bond acceptors (Lipinski definition) is 4. The van der Waals surface area contributed by atoms with Gasteiger partial charge in [0.25, 0.3) is 0 Å². The van der Waals surface area contributed by atoms with Gasteiger partial charge in [0, 0.05) is 19.2 Å². The quantitative estimate of drug-likeness (QED) is 0.721. The molecule has 2 rings (SSSR count). The zero-order valence-corrected chi connectivity index (χ0v) is 17.0. The zero-order chi connectivity index (χ0) is 18.4. The topological polar surface area (TPSA) is 46.6 Å². The normalized spacial score (nSPS) is 16.2. The molecule has 1 heterocycles. The number of para-hydroxylation sites is 1. The van der Waals surface area contributed by atoms with Gasteiger partial charge < -0.3 is 9.33 Å². The molecule has 0 amide bonds. The average Bonchev–Trinajstić information content (AvgIpc) is 2.48. The highest BCUT2D eigenvalue weighted by Crippen LogP contribution is 2.38. The second kappa shape index (κ2) is 8.81. The summed E-state index contributed by atoms with van der Waals surface area (Å²) >= 11 is 6.29. The molecule has 1 aliphatic heterocycles. The predicted octanol–water partition coefficient (Wildman–Crippen LogP) is 4.75. The van der Waals surface area contributed by atoms with E-state index in [0.29, 0.717) is 6.10 Å². The van der Waals surface area contributed by atoms with Crippen molar-refractivity contribution in [3.05, 3.63) is 29.3 Å². The molecule has 1 aromatic carbocycles. The van der Waals surface area contributed by atoms with Gasteiger partial charge in [0.2, 0.25) is 0 Å². The van der Waals surface area contributed by atoms with Gasteiger partial charge in [-0.15, -0.1) is 0 Å². The molecule has 4 nitrogen and oxygen atoms in total. The van der Waals surface area contributed by atoms with E-state index in [1.165, 1.54) is 0 Å². The van der Waals surface area contributed by atoms with Crippen molar-refractivity contribution in [2.45, 2.75) is 57.8 Å². The van der Waals surface area contributed by atoms with Crippen LogP contribution in [0.5, 0.6) is 0 Å². The van der Waals surface area contributed by atoms with Crippen molar-refractivity contribution >= 4 is 31.8 Å². The van der Waals surface area contributed by atoms with E-state index in [2.05, 4.69) is 50.9 Å². The number of halogens is 1. The highest BCUT2D eigenvalue weighted by Gasteiger charge is 2.39. The molecule has 134 valence electrons. The molecule has 6 heteroatoms. The number of rotatable bonds is 3. The fourth-order valence-corrected chi connectivity index (χ4v) is 4.19. The maximum absolute atomic E-state index is 8.12. The van der Waals surface area contributed by atoms with Crippen LogP contribution in [0, 0.1) is 0 Å². The van der Waals surface area contributed by atoms with Crippen molar-refractivity contribution in [3.63, 3.8) is 0 Å². The summed E-state index contributed by atoms with van der Waals surface area (Å²) in [6, 6.07) is 8.12. The second-order valence-corrected chi connectivity index (χ2v) is 12.8. The van der Waals surface area contributed by atoms with Crippen LogP contribution in [0.1, 0.15) is 33.6 Å². The van der Waals surface area contributed by atoms with E-state index < -0.39 is 8.32 Å². The maximum Gasteiger partial charge on any atom is 0.373 e. The molecule has 1 saturated heterocycles. The van der Waals surface area contributed by atoms with Crippen LogP contribution in [-0.4, -0.2) is 33.7 Å². The van der Waals surface area contributed by atoms with Crippen molar-refractivity contribution in [2.75, 3.05) is 18.0 Å². The largest absolute Gasteiger partial charge is 0.414 e. The standard InChI is InChI=1S/C17H28ClNOSi.CO2/c1-17(2,3)21(4,5)20-14-10-12-19(13-11-14)16-9-7-6-8-15(16)18;2-1-3/h6-9,14H,10-13H2,1-5H3;. The van der Waals surface area contributed by atoms with E-state index in [0.717, 1.165) is 36.6 Å². The molecule has 0 unspecified atom stereocenters. The van der Waals surface area contributed by atoms with Crippen molar-refractivity contribution in [1.29, 1.82) is 0 Å².